The summed E-state index contributed by atoms with van der Waals surface area (Å²) in [5.41, 5.74) is 0. The summed E-state index contributed by atoms with van der Waals surface area (Å²) in [6.07, 6.45) is 17.5. The number of amides is 1. The van der Waals surface area contributed by atoms with Crippen LogP contribution >= 0.6 is 0 Å². The van der Waals surface area contributed by atoms with Gasteiger partial charge in [0.25, 0.3) is 0 Å². The Hall–Kier alpha value is -1.40. The molecule has 2 N–H and O–H groups in total. The van der Waals surface area contributed by atoms with Gasteiger partial charge in [-0.05, 0) is 46.2 Å². The van der Waals surface area contributed by atoms with Gasteiger partial charge < -0.3 is 15.2 Å². The predicted octanol–water partition coefficient (Wildman–Crippen LogP) is 4.95. The van der Waals surface area contributed by atoms with Crippen molar-refractivity contribution in [2.75, 3.05) is 20.6 Å². The fourth-order valence-electron chi connectivity index (χ4n) is 3.29. The van der Waals surface area contributed by atoms with Gasteiger partial charge >= 0.3 is 5.97 Å². The van der Waals surface area contributed by atoms with E-state index in [-0.39, 0.29) is 24.5 Å². The Morgan fingerprint density at radius 1 is 0.968 bits per heavy atom. The van der Waals surface area contributed by atoms with E-state index in [2.05, 4.69) is 24.4 Å². The minimum atomic E-state index is -0.540. The number of likely N-dealkylation sites (N-methyl/N-ethyl adjacent to an activating group) is 1. The molecule has 0 bridgehead atoms. The molecular weight excluding hydrogens is 392 g/mol. The summed E-state index contributed by atoms with van der Waals surface area (Å²) in [6.45, 7) is 4.30. The molecule has 6 nitrogen and oxygen atoms in total. The van der Waals surface area contributed by atoms with Crippen LogP contribution in [0.15, 0.2) is 12.2 Å². The van der Waals surface area contributed by atoms with Crippen LogP contribution < -0.4 is 5.32 Å². The first-order valence-electron chi connectivity index (χ1n) is 12.4. The van der Waals surface area contributed by atoms with Crippen molar-refractivity contribution in [1.29, 1.82) is 0 Å². The number of carbonyl (C=O) groups is 2. The Balaban J connectivity index is 3.64. The molecule has 0 fully saturated rings. The number of aliphatic hydroxyl groups is 1. The molecule has 0 aliphatic carbocycles. The standard InChI is InChI=1S/C25H48N2O4/c1-5-7-8-15-18-22(28)19-16-13-11-9-10-12-14-17-20-23(29)26-24(6-2)31-25(30)21-27(3)4/h13,16,22,24,28H,5-12,14-15,17-21H2,1-4H3,(H,26,29)/t22-,24?/m1/s1. The second kappa shape index (κ2) is 20.5. The van der Waals surface area contributed by atoms with E-state index in [4.69, 9.17) is 4.74 Å². The second-order valence-corrected chi connectivity index (χ2v) is 8.71. The van der Waals surface area contributed by atoms with Crippen LogP contribution in [0.25, 0.3) is 0 Å². The summed E-state index contributed by atoms with van der Waals surface area (Å²) in [5, 5.41) is 12.7. The Labute approximate surface area is 190 Å². The largest absolute Gasteiger partial charge is 0.441 e. The first kappa shape index (κ1) is 29.6. The van der Waals surface area contributed by atoms with Gasteiger partial charge in [-0.3, -0.25) is 14.5 Å². The fourth-order valence-corrected chi connectivity index (χ4v) is 3.29. The van der Waals surface area contributed by atoms with Crippen LogP contribution in [-0.4, -0.2) is 54.9 Å². The third-order valence-corrected chi connectivity index (χ3v) is 5.15. The Kier molecular flexibility index (Phi) is 19.6. The van der Waals surface area contributed by atoms with Gasteiger partial charge in [0.15, 0.2) is 6.23 Å². The van der Waals surface area contributed by atoms with E-state index in [1.54, 1.807) is 19.0 Å². The van der Waals surface area contributed by atoms with Crippen molar-refractivity contribution in [3.05, 3.63) is 12.2 Å². The number of ether oxygens (including phenoxy) is 1. The highest BCUT2D eigenvalue weighted by Gasteiger charge is 2.15. The maximum absolute atomic E-state index is 12.0. The number of esters is 1. The van der Waals surface area contributed by atoms with Crippen molar-refractivity contribution < 1.29 is 19.4 Å². The number of unbranched alkanes of at least 4 members (excludes halogenated alkanes) is 8. The van der Waals surface area contributed by atoms with Gasteiger partial charge in [0.05, 0.1) is 12.6 Å². The fraction of sp³-hybridized carbons (Fsp3) is 0.840. The number of hydrogen-bond donors (Lipinski definition) is 2. The number of rotatable bonds is 20. The summed E-state index contributed by atoms with van der Waals surface area (Å²) < 4.78 is 5.28. The molecule has 0 radical (unpaired) electrons. The molecule has 1 unspecified atom stereocenters. The summed E-state index contributed by atoms with van der Waals surface area (Å²) in [6, 6.07) is 0. The highest BCUT2D eigenvalue weighted by molar-refractivity contribution is 5.77. The summed E-state index contributed by atoms with van der Waals surface area (Å²) in [7, 11) is 3.61. The van der Waals surface area contributed by atoms with Crippen LogP contribution in [0.5, 0.6) is 0 Å². The molecule has 1 amide bonds. The third-order valence-electron chi connectivity index (χ3n) is 5.15. The highest BCUT2D eigenvalue weighted by atomic mass is 16.6. The molecule has 2 atom stereocenters. The molecule has 0 heterocycles. The van der Waals surface area contributed by atoms with Crippen LogP contribution in [0.3, 0.4) is 0 Å². The molecule has 31 heavy (non-hydrogen) atoms. The lowest BCUT2D eigenvalue weighted by Crippen LogP contribution is -2.39. The molecule has 0 aliphatic heterocycles. The van der Waals surface area contributed by atoms with Crippen molar-refractivity contribution in [3.8, 4) is 0 Å². The average molecular weight is 441 g/mol. The average Bonchev–Trinajstić information content (AvgIpc) is 2.71. The van der Waals surface area contributed by atoms with Gasteiger partial charge in [-0.1, -0.05) is 70.9 Å². The van der Waals surface area contributed by atoms with Crippen LogP contribution in [0.1, 0.15) is 104 Å². The van der Waals surface area contributed by atoms with E-state index in [9.17, 15) is 14.7 Å². The summed E-state index contributed by atoms with van der Waals surface area (Å²) in [4.78, 5) is 25.5. The minimum Gasteiger partial charge on any atom is -0.441 e. The smallest absolute Gasteiger partial charge is 0.322 e. The molecule has 0 saturated heterocycles. The van der Waals surface area contributed by atoms with Crippen molar-refractivity contribution >= 4 is 11.9 Å². The molecule has 0 rings (SSSR count). The Morgan fingerprint density at radius 3 is 2.32 bits per heavy atom. The van der Waals surface area contributed by atoms with E-state index in [1.807, 2.05) is 6.92 Å². The van der Waals surface area contributed by atoms with Gasteiger partial charge in [-0.25, -0.2) is 0 Å². The van der Waals surface area contributed by atoms with Crippen LogP contribution in [0.2, 0.25) is 0 Å². The zero-order valence-corrected chi connectivity index (χ0v) is 20.5. The van der Waals surface area contributed by atoms with E-state index >= 15 is 0 Å². The first-order valence-corrected chi connectivity index (χ1v) is 12.4. The lowest BCUT2D eigenvalue weighted by Gasteiger charge is -2.19. The number of nitrogens with zero attached hydrogens (tertiary/aromatic N) is 1. The number of nitrogens with one attached hydrogen (secondary N) is 1. The number of aliphatic hydroxyl groups excluding tert-OH is 1. The molecule has 0 aromatic rings. The van der Waals surface area contributed by atoms with Crippen LogP contribution in [-0.2, 0) is 14.3 Å². The van der Waals surface area contributed by atoms with Gasteiger partial charge in [-0.15, -0.1) is 0 Å². The second-order valence-electron chi connectivity index (χ2n) is 8.71. The van der Waals surface area contributed by atoms with Gasteiger partial charge in [0.2, 0.25) is 5.91 Å². The molecule has 0 aliphatic rings. The molecule has 6 heteroatoms. The molecule has 182 valence electrons. The van der Waals surface area contributed by atoms with Gasteiger partial charge in [0, 0.05) is 12.8 Å². The first-order chi connectivity index (χ1) is 14.9. The Morgan fingerprint density at radius 2 is 1.65 bits per heavy atom. The Bertz CT molecular complexity index is 480. The van der Waals surface area contributed by atoms with E-state index in [0.717, 1.165) is 57.8 Å². The van der Waals surface area contributed by atoms with Crippen molar-refractivity contribution in [2.45, 2.75) is 116 Å². The van der Waals surface area contributed by atoms with Gasteiger partial charge in [0.1, 0.15) is 0 Å². The SMILES string of the molecule is CCCCCC[C@@H](O)CC=CCCCCCCCC(=O)NC(CC)OC(=O)CN(C)C. The van der Waals surface area contributed by atoms with E-state index < -0.39 is 6.23 Å². The highest BCUT2D eigenvalue weighted by Crippen LogP contribution is 2.10. The minimum absolute atomic E-state index is 0.0549. The van der Waals surface area contributed by atoms with Crippen LogP contribution in [0, 0.1) is 0 Å². The number of allylic oxidation sites excluding steroid dienone is 1. The van der Waals surface area contributed by atoms with Crippen LogP contribution in [0.4, 0.5) is 0 Å². The maximum atomic E-state index is 12.0. The van der Waals surface area contributed by atoms with Crippen molar-refractivity contribution in [1.82, 2.24) is 10.2 Å². The van der Waals surface area contributed by atoms with E-state index in [0.29, 0.717) is 12.8 Å². The predicted molar refractivity (Wildman–Crippen MR) is 128 cm³/mol. The lowest BCUT2D eigenvalue weighted by atomic mass is 10.1. The molecule has 0 saturated carbocycles. The van der Waals surface area contributed by atoms with Crippen molar-refractivity contribution in [3.63, 3.8) is 0 Å². The summed E-state index contributed by atoms with van der Waals surface area (Å²) >= 11 is 0. The zero-order valence-electron chi connectivity index (χ0n) is 20.5. The van der Waals surface area contributed by atoms with E-state index in [1.165, 1.54) is 19.3 Å². The lowest BCUT2D eigenvalue weighted by molar-refractivity contribution is -0.153. The monoisotopic (exact) mass is 440 g/mol. The summed E-state index contributed by atoms with van der Waals surface area (Å²) in [5.74, 6) is -0.381. The number of hydrogen-bond acceptors (Lipinski definition) is 5. The topological polar surface area (TPSA) is 78.9 Å². The molecule has 0 spiro atoms. The third kappa shape index (κ3) is 20.3. The zero-order chi connectivity index (χ0) is 23.3. The quantitative estimate of drug-likeness (QED) is 0.121. The van der Waals surface area contributed by atoms with Gasteiger partial charge in [-0.2, -0.15) is 0 Å². The normalized spacial score (nSPS) is 13.5. The van der Waals surface area contributed by atoms with Crippen molar-refractivity contribution in [2.24, 2.45) is 0 Å². The molecule has 0 aromatic carbocycles. The maximum Gasteiger partial charge on any atom is 0.322 e. The number of carbonyl (C=O) groups excluding carboxylic acids is 2. The molecular formula is C25H48N2O4. The molecule has 0 aromatic heterocycles.